The predicted octanol–water partition coefficient (Wildman–Crippen LogP) is 2.15. The lowest BCUT2D eigenvalue weighted by molar-refractivity contribution is -0.145. The van der Waals surface area contributed by atoms with E-state index in [-0.39, 0.29) is 16.8 Å². The Balaban J connectivity index is 1.64. The van der Waals surface area contributed by atoms with Gasteiger partial charge in [0.1, 0.15) is 16.6 Å². The number of aromatic nitrogens is 1. The van der Waals surface area contributed by atoms with Gasteiger partial charge in [0.05, 0.1) is 7.11 Å². The van der Waals surface area contributed by atoms with Crippen molar-refractivity contribution in [1.82, 2.24) is 13.8 Å². The van der Waals surface area contributed by atoms with Gasteiger partial charge in [-0.1, -0.05) is 19.3 Å². The van der Waals surface area contributed by atoms with Crippen LogP contribution >= 0.6 is 0 Å². The molecule has 1 aromatic heterocycles. The van der Waals surface area contributed by atoms with Crippen molar-refractivity contribution < 1.29 is 22.7 Å². The molecule has 0 radical (unpaired) electrons. The fourth-order valence-electron chi connectivity index (χ4n) is 5.37. The number of carbonyl (C=O) groups excluding carboxylic acids is 2. The summed E-state index contributed by atoms with van der Waals surface area (Å²) in [6.45, 7) is 1.03. The van der Waals surface area contributed by atoms with Crippen LogP contribution in [0.25, 0.3) is 0 Å². The van der Waals surface area contributed by atoms with Crippen LogP contribution in [0.3, 0.4) is 0 Å². The van der Waals surface area contributed by atoms with Crippen molar-refractivity contribution in [3.63, 3.8) is 0 Å². The lowest BCUT2D eigenvalue weighted by Gasteiger charge is -2.33. The number of piperidine rings is 1. The summed E-state index contributed by atoms with van der Waals surface area (Å²) in [5.41, 5.74) is 0.297. The first-order chi connectivity index (χ1) is 14.3. The number of nitrogens with zero attached hydrogens (tertiary/aromatic N) is 3. The number of sulfonamides is 1. The van der Waals surface area contributed by atoms with Gasteiger partial charge in [0.15, 0.2) is 0 Å². The quantitative estimate of drug-likeness (QED) is 0.674. The molecular weight excluding hydrogens is 406 g/mol. The summed E-state index contributed by atoms with van der Waals surface area (Å²) < 4.78 is 34.2. The van der Waals surface area contributed by atoms with Crippen LogP contribution in [-0.4, -0.2) is 66.3 Å². The normalized spacial score (nSPS) is 27.7. The van der Waals surface area contributed by atoms with Gasteiger partial charge in [0.2, 0.25) is 10.0 Å². The van der Waals surface area contributed by atoms with Crippen LogP contribution < -0.4 is 0 Å². The average Bonchev–Trinajstić information content (AvgIpc) is 3.34. The number of hydrogen-bond donors (Lipinski definition) is 0. The molecule has 3 unspecified atom stereocenters. The summed E-state index contributed by atoms with van der Waals surface area (Å²) in [5.74, 6) is -0.390. The van der Waals surface area contributed by atoms with Crippen LogP contribution in [0.4, 0.5) is 0 Å². The van der Waals surface area contributed by atoms with Crippen molar-refractivity contribution in [2.75, 3.05) is 20.2 Å². The fraction of sp³-hybridized carbons (Fsp3) is 0.714. The van der Waals surface area contributed by atoms with E-state index in [1.807, 2.05) is 0 Å². The molecule has 166 valence electrons. The molecule has 2 saturated heterocycles. The molecule has 1 amide bonds. The molecule has 1 aliphatic carbocycles. The van der Waals surface area contributed by atoms with Crippen molar-refractivity contribution >= 4 is 21.9 Å². The Morgan fingerprint density at radius 2 is 1.77 bits per heavy atom. The summed E-state index contributed by atoms with van der Waals surface area (Å²) in [6.07, 6.45) is 8.89. The number of methoxy groups -OCH3 is 1. The van der Waals surface area contributed by atoms with Gasteiger partial charge in [0.25, 0.3) is 5.91 Å². The van der Waals surface area contributed by atoms with Gasteiger partial charge in [-0.3, -0.25) is 4.79 Å². The van der Waals surface area contributed by atoms with E-state index in [0.717, 1.165) is 44.9 Å². The van der Waals surface area contributed by atoms with Crippen LogP contribution in [0.2, 0.25) is 0 Å². The number of esters is 1. The van der Waals surface area contributed by atoms with Gasteiger partial charge in [-0.25, -0.2) is 13.2 Å². The number of aryl methyl sites for hydroxylation is 1. The van der Waals surface area contributed by atoms with Crippen LogP contribution in [0.15, 0.2) is 17.2 Å². The van der Waals surface area contributed by atoms with Gasteiger partial charge in [-0.15, -0.1) is 0 Å². The minimum absolute atomic E-state index is 0.00685. The molecule has 30 heavy (non-hydrogen) atoms. The largest absolute Gasteiger partial charge is 0.467 e. The van der Waals surface area contributed by atoms with E-state index in [1.54, 1.807) is 16.5 Å². The first-order valence-corrected chi connectivity index (χ1v) is 12.4. The Hall–Kier alpha value is -1.87. The number of ether oxygens (including phenoxy) is 1. The minimum atomic E-state index is -3.63. The Bertz CT molecular complexity index is 919. The Morgan fingerprint density at radius 3 is 2.47 bits per heavy atom. The highest BCUT2D eigenvalue weighted by atomic mass is 32.2. The zero-order valence-electron chi connectivity index (χ0n) is 17.7. The predicted molar refractivity (Wildman–Crippen MR) is 110 cm³/mol. The fourth-order valence-corrected chi connectivity index (χ4v) is 6.96. The second-order valence-electron chi connectivity index (χ2n) is 8.74. The molecule has 3 heterocycles. The maximum atomic E-state index is 13.6. The maximum absolute atomic E-state index is 13.6. The third kappa shape index (κ3) is 3.66. The lowest BCUT2D eigenvalue weighted by atomic mass is 9.84. The number of likely N-dealkylation sites (tertiary alicyclic amines) is 1. The number of rotatable bonds is 4. The summed E-state index contributed by atoms with van der Waals surface area (Å²) in [7, 11) is -0.598. The molecular formula is C21H31N3O5S. The van der Waals surface area contributed by atoms with Gasteiger partial charge in [-0.2, -0.15) is 4.31 Å². The molecule has 0 bridgehead atoms. The highest BCUT2D eigenvalue weighted by Crippen LogP contribution is 2.41. The van der Waals surface area contributed by atoms with Gasteiger partial charge in [0, 0.05) is 32.4 Å². The summed E-state index contributed by atoms with van der Waals surface area (Å²) in [5, 5.41) is 0. The smallest absolute Gasteiger partial charge is 0.328 e. The van der Waals surface area contributed by atoms with Gasteiger partial charge in [-0.05, 0) is 44.1 Å². The van der Waals surface area contributed by atoms with Crippen LogP contribution in [-0.2, 0) is 26.6 Å². The summed E-state index contributed by atoms with van der Waals surface area (Å²) >= 11 is 0. The van der Waals surface area contributed by atoms with Gasteiger partial charge < -0.3 is 14.2 Å². The molecule has 1 saturated carbocycles. The highest BCUT2D eigenvalue weighted by molar-refractivity contribution is 7.89. The van der Waals surface area contributed by atoms with E-state index in [1.165, 1.54) is 23.7 Å². The van der Waals surface area contributed by atoms with E-state index in [4.69, 9.17) is 4.74 Å². The number of carbonyl (C=O) groups is 2. The van der Waals surface area contributed by atoms with Crippen LogP contribution in [0.1, 0.15) is 61.9 Å². The third-order valence-electron chi connectivity index (χ3n) is 6.95. The lowest BCUT2D eigenvalue weighted by Crippen LogP contribution is -2.47. The van der Waals surface area contributed by atoms with Gasteiger partial charge >= 0.3 is 5.97 Å². The van der Waals surface area contributed by atoms with Crippen molar-refractivity contribution in [2.45, 2.75) is 68.3 Å². The standard InChI is InChI=1S/C21H31N3O5S/c1-22-14-16(30(27,28)23-10-6-3-7-11-23)13-18(22)20(25)24-17-9-5-4-8-15(17)12-19(24)21(26)29-2/h13-15,17,19H,3-12H2,1-2H3. The molecule has 2 aliphatic heterocycles. The SMILES string of the molecule is COC(=O)C1CC2CCCCC2N1C(=O)c1cc(S(=O)(=O)N2CCCCC2)cn1C. The zero-order chi connectivity index (χ0) is 21.5. The maximum Gasteiger partial charge on any atom is 0.328 e. The van der Waals surface area contributed by atoms with E-state index in [0.29, 0.717) is 31.1 Å². The molecule has 9 heteroatoms. The Kier molecular flexibility index (Phi) is 5.94. The van der Waals surface area contributed by atoms with Crippen molar-refractivity contribution in [3.8, 4) is 0 Å². The molecule has 0 spiro atoms. The third-order valence-corrected chi connectivity index (χ3v) is 8.81. The number of hydrogen-bond acceptors (Lipinski definition) is 5. The van der Waals surface area contributed by atoms with E-state index in [2.05, 4.69) is 0 Å². The molecule has 0 N–H and O–H groups in total. The molecule has 3 aliphatic rings. The second kappa shape index (κ2) is 8.34. The first kappa shape index (κ1) is 21.4. The molecule has 3 fully saturated rings. The van der Waals surface area contributed by atoms with E-state index in [9.17, 15) is 18.0 Å². The van der Waals surface area contributed by atoms with Crippen LogP contribution in [0, 0.1) is 5.92 Å². The van der Waals surface area contributed by atoms with Crippen LogP contribution in [0.5, 0.6) is 0 Å². The molecule has 4 rings (SSSR count). The molecule has 1 aromatic rings. The monoisotopic (exact) mass is 437 g/mol. The minimum Gasteiger partial charge on any atom is -0.467 e. The van der Waals surface area contributed by atoms with E-state index >= 15 is 0 Å². The molecule has 3 atom stereocenters. The van der Waals surface area contributed by atoms with Crippen molar-refractivity contribution in [2.24, 2.45) is 13.0 Å². The Labute approximate surface area is 178 Å². The number of amides is 1. The van der Waals surface area contributed by atoms with Crippen molar-refractivity contribution in [1.29, 1.82) is 0 Å². The second-order valence-corrected chi connectivity index (χ2v) is 10.7. The highest BCUT2D eigenvalue weighted by Gasteiger charge is 2.48. The number of fused-ring (bicyclic) bond motifs is 1. The summed E-state index contributed by atoms with van der Waals surface area (Å²) in [6, 6.07) is 0.872. The Morgan fingerprint density at radius 1 is 1.07 bits per heavy atom. The first-order valence-electron chi connectivity index (χ1n) is 10.9. The topological polar surface area (TPSA) is 88.9 Å². The van der Waals surface area contributed by atoms with E-state index < -0.39 is 22.0 Å². The van der Waals surface area contributed by atoms with Crippen molar-refractivity contribution in [3.05, 3.63) is 18.0 Å². The molecule has 8 nitrogen and oxygen atoms in total. The molecule has 0 aromatic carbocycles. The zero-order valence-corrected chi connectivity index (χ0v) is 18.6. The average molecular weight is 438 g/mol. The summed E-state index contributed by atoms with van der Waals surface area (Å²) in [4.78, 5) is 27.8.